The molecule has 118 valence electrons. The number of alkyl carbamates (subject to hydrolysis) is 1. The highest BCUT2D eigenvalue weighted by Crippen LogP contribution is 2.18. The lowest BCUT2D eigenvalue weighted by Gasteiger charge is -2.21. The molecule has 0 saturated heterocycles. The molecule has 1 heterocycles. The smallest absolute Gasteiger partial charge is 0.407 e. The van der Waals surface area contributed by atoms with E-state index in [-0.39, 0.29) is 17.8 Å². The average molecular weight is 300 g/mol. The number of carbonyl (C=O) groups is 2. The summed E-state index contributed by atoms with van der Waals surface area (Å²) in [5.41, 5.74) is -0.549. The van der Waals surface area contributed by atoms with Crippen molar-refractivity contribution in [3.05, 3.63) is 23.5 Å². The number of aromatic amines is 1. The molecule has 0 saturated carbocycles. The highest BCUT2D eigenvalue weighted by molar-refractivity contribution is 5.85. The summed E-state index contributed by atoms with van der Waals surface area (Å²) in [6, 6.07) is 1.21. The Morgan fingerprint density at radius 1 is 1.38 bits per heavy atom. The van der Waals surface area contributed by atoms with E-state index in [1.807, 2.05) is 0 Å². The number of ether oxygens (including phenoxy) is 1. The number of aliphatic hydroxyl groups is 2. The molecule has 0 aliphatic rings. The van der Waals surface area contributed by atoms with Gasteiger partial charge in [-0.1, -0.05) is 0 Å². The molecule has 1 rings (SSSR count). The minimum Gasteiger partial charge on any atom is -0.477 e. The van der Waals surface area contributed by atoms with Crippen molar-refractivity contribution in [1.29, 1.82) is 0 Å². The zero-order valence-corrected chi connectivity index (χ0v) is 12.1. The second-order valence-corrected chi connectivity index (χ2v) is 5.55. The van der Waals surface area contributed by atoms with Crippen LogP contribution in [0.4, 0.5) is 4.79 Å². The molecule has 0 spiro atoms. The fraction of sp³-hybridized carbons (Fsp3) is 0.538. The van der Waals surface area contributed by atoms with Gasteiger partial charge in [0.25, 0.3) is 0 Å². The summed E-state index contributed by atoms with van der Waals surface area (Å²) in [5.74, 6) is -1.17. The van der Waals surface area contributed by atoms with Gasteiger partial charge in [-0.15, -0.1) is 0 Å². The Morgan fingerprint density at radius 3 is 2.48 bits per heavy atom. The van der Waals surface area contributed by atoms with E-state index in [9.17, 15) is 19.8 Å². The van der Waals surface area contributed by atoms with Gasteiger partial charge in [-0.3, -0.25) is 0 Å². The molecule has 0 bridgehead atoms. The number of carboxylic acid groups (broad SMARTS) is 1. The SMILES string of the molecule is CC(C)(C)OC(=O)NCC(O)C(O)c1c[nH]c(C(=O)O)c1. The summed E-state index contributed by atoms with van der Waals surface area (Å²) < 4.78 is 4.98. The zero-order valence-electron chi connectivity index (χ0n) is 12.1. The van der Waals surface area contributed by atoms with Crippen LogP contribution in [0.1, 0.15) is 42.9 Å². The van der Waals surface area contributed by atoms with Crippen molar-refractivity contribution in [1.82, 2.24) is 10.3 Å². The average Bonchev–Trinajstić information content (AvgIpc) is 2.82. The van der Waals surface area contributed by atoms with Gasteiger partial charge in [-0.05, 0) is 26.8 Å². The monoisotopic (exact) mass is 300 g/mol. The van der Waals surface area contributed by atoms with Gasteiger partial charge in [-0.25, -0.2) is 9.59 Å². The van der Waals surface area contributed by atoms with Crippen LogP contribution < -0.4 is 5.32 Å². The minimum absolute atomic E-state index is 0.101. The Kier molecular flexibility index (Phi) is 5.34. The van der Waals surface area contributed by atoms with Crippen LogP contribution in [0, 0.1) is 0 Å². The summed E-state index contributed by atoms with van der Waals surface area (Å²) in [6.07, 6.45) is -2.06. The molecule has 2 unspecified atom stereocenters. The Balaban J connectivity index is 2.52. The van der Waals surface area contributed by atoms with Crippen molar-refractivity contribution in [2.24, 2.45) is 0 Å². The molecule has 1 amide bonds. The standard InChI is InChI=1S/C13H20N2O6/c1-13(2,3)21-12(20)15-6-9(16)10(17)7-4-8(11(18)19)14-5-7/h4-5,9-10,14,16-17H,6H2,1-3H3,(H,15,20)(H,18,19). The number of carboxylic acids is 1. The molecule has 0 aromatic carbocycles. The molecule has 0 aliphatic carbocycles. The number of amides is 1. The largest absolute Gasteiger partial charge is 0.477 e. The Labute approximate surface area is 121 Å². The van der Waals surface area contributed by atoms with Crippen molar-refractivity contribution in [3.8, 4) is 0 Å². The number of carbonyl (C=O) groups excluding carboxylic acids is 1. The van der Waals surface area contributed by atoms with Gasteiger partial charge >= 0.3 is 12.1 Å². The maximum Gasteiger partial charge on any atom is 0.407 e. The number of H-pyrrole nitrogens is 1. The first-order valence-electron chi connectivity index (χ1n) is 6.35. The number of hydrogen-bond acceptors (Lipinski definition) is 5. The lowest BCUT2D eigenvalue weighted by Crippen LogP contribution is -2.38. The molecule has 0 fully saturated rings. The van der Waals surface area contributed by atoms with Crippen LogP contribution in [-0.4, -0.2) is 50.6 Å². The normalized spacial score (nSPS) is 14.3. The van der Waals surface area contributed by atoms with Crippen LogP contribution in [0.3, 0.4) is 0 Å². The summed E-state index contributed by atoms with van der Waals surface area (Å²) in [4.78, 5) is 24.6. The second kappa shape index (κ2) is 6.59. The van der Waals surface area contributed by atoms with Gasteiger partial charge in [0.15, 0.2) is 0 Å². The van der Waals surface area contributed by atoms with Crippen molar-refractivity contribution in [2.45, 2.75) is 38.6 Å². The molecule has 0 radical (unpaired) electrons. The van der Waals surface area contributed by atoms with E-state index in [0.29, 0.717) is 0 Å². The maximum absolute atomic E-state index is 11.4. The van der Waals surface area contributed by atoms with Crippen LogP contribution in [0.15, 0.2) is 12.3 Å². The number of hydrogen-bond donors (Lipinski definition) is 5. The zero-order chi connectivity index (χ0) is 16.2. The second-order valence-electron chi connectivity index (χ2n) is 5.55. The number of nitrogens with one attached hydrogen (secondary N) is 2. The van der Waals surface area contributed by atoms with Crippen LogP contribution in [0.5, 0.6) is 0 Å². The van der Waals surface area contributed by atoms with E-state index >= 15 is 0 Å². The molecule has 8 heteroatoms. The van der Waals surface area contributed by atoms with E-state index in [1.54, 1.807) is 20.8 Å². The number of rotatable bonds is 5. The van der Waals surface area contributed by atoms with Crippen molar-refractivity contribution >= 4 is 12.1 Å². The van der Waals surface area contributed by atoms with Crippen molar-refractivity contribution in [2.75, 3.05) is 6.54 Å². The van der Waals surface area contributed by atoms with Gasteiger partial charge in [-0.2, -0.15) is 0 Å². The lowest BCUT2D eigenvalue weighted by atomic mass is 10.1. The first-order chi connectivity index (χ1) is 9.60. The van der Waals surface area contributed by atoms with Gasteiger partial charge in [0.2, 0.25) is 0 Å². The Morgan fingerprint density at radius 2 is 2.00 bits per heavy atom. The van der Waals surface area contributed by atoms with Crippen molar-refractivity contribution in [3.63, 3.8) is 0 Å². The fourth-order valence-corrected chi connectivity index (χ4v) is 1.54. The molecular formula is C13H20N2O6. The highest BCUT2D eigenvalue weighted by Gasteiger charge is 2.23. The molecular weight excluding hydrogens is 280 g/mol. The van der Waals surface area contributed by atoms with Gasteiger partial charge < -0.3 is 30.4 Å². The third kappa shape index (κ3) is 5.44. The molecule has 2 atom stereocenters. The van der Waals surface area contributed by atoms with E-state index < -0.39 is 29.9 Å². The predicted molar refractivity (Wildman–Crippen MR) is 73.0 cm³/mol. The first-order valence-corrected chi connectivity index (χ1v) is 6.35. The summed E-state index contributed by atoms with van der Waals surface area (Å²) in [5, 5.41) is 30.7. The molecule has 1 aromatic heterocycles. The van der Waals surface area contributed by atoms with E-state index in [4.69, 9.17) is 9.84 Å². The van der Waals surface area contributed by atoms with Crippen molar-refractivity contribution < 1.29 is 29.6 Å². The van der Waals surface area contributed by atoms with E-state index in [2.05, 4.69) is 10.3 Å². The molecule has 5 N–H and O–H groups in total. The number of aliphatic hydroxyl groups excluding tert-OH is 2. The summed E-state index contributed by atoms with van der Waals surface area (Å²) >= 11 is 0. The lowest BCUT2D eigenvalue weighted by molar-refractivity contribution is 0.0130. The molecule has 21 heavy (non-hydrogen) atoms. The topological polar surface area (TPSA) is 132 Å². The van der Waals surface area contributed by atoms with Crippen LogP contribution >= 0.6 is 0 Å². The summed E-state index contributed by atoms with van der Waals surface area (Å²) in [6.45, 7) is 4.87. The summed E-state index contributed by atoms with van der Waals surface area (Å²) in [7, 11) is 0. The minimum atomic E-state index is -1.33. The highest BCUT2D eigenvalue weighted by atomic mass is 16.6. The van der Waals surface area contributed by atoms with Gasteiger partial charge in [0.05, 0.1) is 0 Å². The van der Waals surface area contributed by atoms with Crippen LogP contribution in [0.25, 0.3) is 0 Å². The van der Waals surface area contributed by atoms with Gasteiger partial charge in [0.1, 0.15) is 23.5 Å². The Hall–Kier alpha value is -2.06. The molecule has 1 aromatic rings. The quantitative estimate of drug-likeness (QED) is 0.542. The third-order valence-corrected chi connectivity index (χ3v) is 2.50. The van der Waals surface area contributed by atoms with Crippen LogP contribution in [-0.2, 0) is 4.74 Å². The number of aromatic nitrogens is 1. The maximum atomic E-state index is 11.4. The Bertz CT molecular complexity index is 505. The number of aromatic carboxylic acids is 1. The van der Waals surface area contributed by atoms with Gasteiger partial charge in [0, 0.05) is 18.3 Å². The molecule has 8 nitrogen and oxygen atoms in total. The molecule has 0 aliphatic heterocycles. The first kappa shape index (κ1) is 17.0. The third-order valence-electron chi connectivity index (χ3n) is 2.50. The van der Waals surface area contributed by atoms with Crippen LogP contribution in [0.2, 0.25) is 0 Å². The van der Waals surface area contributed by atoms with E-state index in [1.165, 1.54) is 12.3 Å². The fourth-order valence-electron chi connectivity index (χ4n) is 1.54. The predicted octanol–water partition coefficient (Wildman–Crippen LogP) is 0.632. The van der Waals surface area contributed by atoms with E-state index in [0.717, 1.165) is 0 Å².